The summed E-state index contributed by atoms with van der Waals surface area (Å²) < 4.78 is 11.9. The highest BCUT2D eigenvalue weighted by atomic mass is 35.5. The number of ether oxygens (including phenoxy) is 2. The van der Waals surface area contributed by atoms with Gasteiger partial charge in [-0.1, -0.05) is 78.0 Å². The van der Waals surface area contributed by atoms with E-state index in [1.807, 2.05) is 62.4 Å². The number of aryl methyl sites for hydroxylation is 1. The summed E-state index contributed by atoms with van der Waals surface area (Å²) in [6.45, 7) is 4.37. The minimum atomic E-state index is -0.154. The van der Waals surface area contributed by atoms with Crippen molar-refractivity contribution in [2.45, 2.75) is 20.5 Å². The average Bonchev–Trinajstić information content (AvgIpc) is 3.08. The summed E-state index contributed by atoms with van der Waals surface area (Å²) in [4.78, 5) is 15.3. The maximum absolute atomic E-state index is 13.2. The fourth-order valence-electron chi connectivity index (χ4n) is 3.50. The van der Waals surface area contributed by atoms with Gasteiger partial charge in [-0.15, -0.1) is 0 Å². The van der Waals surface area contributed by atoms with Gasteiger partial charge in [-0.2, -0.15) is 0 Å². The fourth-order valence-corrected chi connectivity index (χ4v) is 5.06. The molecular weight excluding hydrogens is 474 g/mol. The Morgan fingerprint density at radius 2 is 1.85 bits per heavy atom. The molecule has 1 saturated heterocycles. The van der Waals surface area contributed by atoms with Crippen LogP contribution in [0.4, 0.5) is 5.69 Å². The van der Waals surface area contributed by atoms with Crippen molar-refractivity contribution >= 4 is 57.6 Å². The molecule has 1 amide bonds. The van der Waals surface area contributed by atoms with Gasteiger partial charge >= 0.3 is 0 Å². The van der Waals surface area contributed by atoms with Crippen LogP contribution in [-0.4, -0.2) is 17.3 Å². The average molecular weight is 496 g/mol. The topological polar surface area (TPSA) is 38.8 Å². The maximum atomic E-state index is 13.2. The van der Waals surface area contributed by atoms with Crippen LogP contribution in [0, 0.1) is 13.8 Å². The Labute approximate surface area is 208 Å². The molecular formula is C26H22ClNO3S2. The Bertz CT molecular complexity index is 1260. The van der Waals surface area contributed by atoms with Crippen molar-refractivity contribution in [2.75, 3.05) is 12.0 Å². The summed E-state index contributed by atoms with van der Waals surface area (Å²) in [6, 6.07) is 19.2. The molecule has 0 aromatic heterocycles. The lowest BCUT2D eigenvalue weighted by Gasteiger charge is -2.18. The number of thioether (sulfide) groups is 1. The number of hydrogen-bond acceptors (Lipinski definition) is 5. The third-order valence-corrected chi connectivity index (χ3v) is 6.97. The van der Waals surface area contributed by atoms with Gasteiger partial charge in [0.2, 0.25) is 0 Å². The Morgan fingerprint density at radius 3 is 2.58 bits per heavy atom. The number of carbonyl (C=O) groups excluding carboxylic acids is 1. The zero-order valence-electron chi connectivity index (χ0n) is 18.4. The standard InChI is InChI=1S/C26H22ClNO3S2/c1-16-8-7-11-21(17(16)2)28-25(29)23(33-26(28)32)14-19-12-20(27)24(22(13-19)30-3)31-15-18-9-5-4-6-10-18/h4-14H,15H2,1-3H3/b23-14-. The minimum absolute atomic E-state index is 0.154. The molecule has 0 bridgehead atoms. The van der Waals surface area contributed by atoms with Crippen LogP contribution in [0.25, 0.3) is 6.08 Å². The number of rotatable bonds is 6. The summed E-state index contributed by atoms with van der Waals surface area (Å²) in [5, 5.41) is 0.404. The Balaban J connectivity index is 1.61. The maximum Gasteiger partial charge on any atom is 0.270 e. The number of carbonyl (C=O) groups is 1. The molecule has 33 heavy (non-hydrogen) atoms. The number of hydrogen-bond donors (Lipinski definition) is 0. The predicted octanol–water partition coefficient (Wildman–Crippen LogP) is 6.95. The number of halogens is 1. The molecule has 0 N–H and O–H groups in total. The summed E-state index contributed by atoms with van der Waals surface area (Å²) >= 11 is 13.3. The zero-order valence-corrected chi connectivity index (χ0v) is 20.8. The third kappa shape index (κ3) is 4.93. The summed E-state index contributed by atoms with van der Waals surface area (Å²) in [5.74, 6) is 0.802. The summed E-state index contributed by atoms with van der Waals surface area (Å²) in [6.07, 6.45) is 1.78. The van der Waals surface area contributed by atoms with E-state index in [2.05, 4.69) is 0 Å². The van der Waals surface area contributed by atoms with Gasteiger partial charge in [-0.3, -0.25) is 9.69 Å². The van der Waals surface area contributed by atoms with E-state index in [1.165, 1.54) is 11.8 Å². The first-order chi connectivity index (χ1) is 15.9. The van der Waals surface area contributed by atoms with E-state index < -0.39 is 0 Å². The minimum Gasteiger partial charge on any atom is -0.493 e. The first kappa shape index (κ1) is 23.4. The van der Waals surface area contributed by atoms with Crippen LogP contribution in [0.1, 0.15) is 22.3 Å². The molecule has 0 aliphatic carbocycles. The van der Waals surface area contributed by atoms with Crippen molar-refractivity contribution in [1.82, 2.24) is 0 Å². The van der Waals surface area contributed by atoms with Gasteiger partial charge in [0.15, 0.2) is 15.8 Å². The second-order valence-electron chi connectivity index (χ2n) is 7.54. The van der Waals surface area contributed by atoms with Crippen molar-refractivity contribution in [1.29, 1.82) is 0 Å². The lowest BCUT2D eigenvalue weighted by atomic mass is 10.1. The van der Waals surface area contributed by atoms with E-state index in [9.17, 15) is 4.79 Å². The fraction of sp³-hybridized carbons (Fsp3) is 0.154. The molecule has 3 aromatic carbocycles. The van der Waals surface area contributed by atoms with Crippen LogP contribution in [-0.2, 0) is 11.4 Å². The van der Waals surface area contributed by atoms with Crippen LogP contribution in [0.3, 0.4) is 0 Å². The van der Waals surface area contributed by atoms with E-state index in [-0.39, 0.29) is 5.91 Å². The van der Waals surface area contributed by atoms with E-state index >= 15 is 0 Å². The molecule has 1 heterocycles. The van der Waals surface area contributed by atoms with Crippen molar-refractivity contribution in [2.24, 2.45) is 0 Å². The van der Waals surface area contributed by atoms with Crippen LogP contribution >= 0.6 is 35.6 Å². The molecule has 168 valence electrons. The zero-order chi connectivity index (χ0) is 23.5. The second-order valence-corrected chi connectivity index (χ2v) is 9.63. The largest absolute Gasteiger partial charge is 0.493 e. The first-order valence-corrected chi connectivity index (χ1v) is 11.9. The number of methoxy groups -OCH3 is 1. The Kier molecular flexibility index (Phi) is 7.08. The van der Waals surface area contributed by atoms with E-state index in [0.29, 0.717) is 32.4 Å². The van der Waals surface area contributed by atoms with Gasteiger partial charge in [0.25, 0.3) is 5.91 Å². The van der Waals surface area contributed by atoms with Gasteiger partial charge < -0.3 is 9.47 Å². The van der Waals surface area contributed by atoms with Crippen LogP contribution in [0.2, 0.25) is 5.02 Å². The molecule has 0 unspecified atom stereocenters. The van der Waals surface area contributed by atoms with Gasteiger partial charge in [-0.25, -0.2) is 0 Å². The number of thiocarbonyl (C=S) groups is 1. The van der Waals surface area contributed by atoms with Gasteiger partial charge in [0.1, 0.15) is 6.61 Å². The highest BCUT2D eigenvalue weighted by Gasteiger charge is 2.34. The Hall–Kier alpha value is -2.80. The smallest absolute Gasteiger partial charge is 0.270 e. The van der Waals surface area contributed by atoms with Crippen molar-refractivity contribution in [3.63, 3.8) is 0 Å². The van der Waals surface area contributed by atoms with Gasteiger partial charge in [0, 0.05) is 0 Å². The lowest BCUT2D eigenvalue weighted by Crippen LogP contribution is -2.28. The number of benzene rings is 3. The molecule has 4 rings (SSSR count). The number of nitrogens with zero attached hydrogens (tertiary/aromatic N) is 1. The normalized spacial score (nSPS) is 14.8. The molecule has 7 heteroatoms. The SMILES string of the molecule is COc1cc(/C=C2\SC(=S)N(c3cccc(C)c3C)C2=O)cc(Cl)c1OCc1ccccc1. The van der Waals surface area contributed by atoms with Crippen molar-refractivity contribution < 1.29 is 14.3 Å². The molecule has 0 saturated carbocycles. The quantitative estimate of drug-likeness (QED) is 0.273. The van der Waals surface area contributed by atoms with E-state index in [4.69, 9.17) is 33.3 Å². The summed E-state index contributed by atoms with van der Waals surface area (Å²) in [5.41, 5.74) is 4.69. The lowest BCUT2D eigenvalue weighted by molar-refractivity contribution is -0.113. The highest BCUT2D eigenvalue weighted by Crippen LogP contribution is 2.41. The monoisotopic (exact) mass is 495 g/mol. The van der Waals surface area contributed by atoms with E-state index in [0.717, 1.165) is 27.9 Å². The molecule has 1 aliphatic rings. The summed E-state index contributed by atoms with van der Waals surface area (Å²) in [7, 11) is 1.56. The molecule has 1 fully saturated rings. The third-order valence-electron chi connectivity index (χ3n) is 5.39. The first-order valence-electron chi connectivity index (χ1n) is 10.3. The van der Waals surface area contributed by atoms with Gasteiger partial charge in [-0.05, 0) is 60.4 Å². The Morgan fingerprint density at radius 1 is 1.09 bits per heavy atom. The van der Waals surface area contributed by atoms with Crippen LogP contribution < -0.4 is 14.4 Å². The molecule has 0 spiro atoms. The number of anilines is 1. The van der Waals surface area contributed by atoms with Gasteiger partial charge in [0.05, 0.1) is 22.7 Å². The second kappa shape index (κ2) is 10.00. The molecule has 1 aliphatic heterocycles. The van der Waals surface area contributed by atoms with Crippen LogP contribution in [0.5, 0.6) is 11.5 Å². The molecule has 3 aromatic rings. The molecule has 4 nitrogen and oxygen atoms in total. The van der Waals surface area contributed by atoms with Crippen molar-refractivity contribution in [3.05, 3.63) is 92.8 Å². The van der Waals surface area contributed by atoms with Crippen LogP contribution in [0.15, 0.2) is 65.6 Å². The van der Waals surface area contributed by atoms with Crippen molar-refractivity contribution in [3.8, 4) is 11.5 Å². The van der Waals surface area contributed by atoms with E-state index in [1.54, 1.807) is 30.2 Å². The predicted molar refractivity (Wildman–Crippen MR) is 140 cm³/mol. The molecule has 0 atom stereocenters. The highest BCUT2D eigenvalue weighted by molar-refractivity contribution is 8.27. The molecule has 0 radical (unpaired) electrons. The number of amides is 1.